The van der Waals surface area contributed by atoms with Gasteiger partial charge in [-0.3, -0.25) is 0 Å². The second-order valence-electron chi connectivity index (χ2n) is 5.73. The third kappa shape index (κ3) is 2.42. The highest BCUT2D eigenvalue weighted by Gasteiger charge is 2.40. The lowest BCUT2D eigenvalue weighted by Gasteiger charge is -2.40. The molecule has 17 heavy (non-hydrogen) atoms. The van der Waals surface area contributed by atoms with Gasteiger partial charge in [-0.15, -0.1) is 0 Å². The molecular weight excluding hydrogens is 223 g/mol. The number of fused-ring (bicyclic) bond motifs is 2. The van der Waals surface area contributed by atoms with Crippen molar-refractivity contribution in [1.29, 1.82) is 0 Å². The zero-order chi connectivity index (χ0) is 11.7. The Morgan fingerprint density at radius 2 is 1.59 bits per heavy atom. The van der Waals surface area contributed by atoms with E-state index in [1.54, 1.807) is 0 Å². The molecule has 0 nitrogen and oxygen atoms in total. The Morgan fingerprint density at radius 1 is 1.00 bits per heavy atom. The molecule has 2 saturated heterocycles. The van der Waals surface area contributed by atoms with Crippen LogP contribution in [0.3, 0.4) is 0 Å². The summed E-state index contributed by atoms with van der Waals surface area (Å²) in [7, 11) is 0. The average Bonchev–Trinajstić information content (AvgIpc) is 2.32. The first-order valence-electron chi connectivity index (χ1n) is 7.07. The first kappa shape index (κ1) is 11.7. The Morgan fingerprint density at radius 3 is 2.18 bits per heavy atom. The molecule has 2 aliphatic rings. The molecule has 0 N–H and O–H groups in total. The first-order valence-corrected chi connectivity index (χ1v) is 7.95. The Labute approximate surface area is 110 Å². The molecule has 2 heteroatoms. The van der Waals surface area contributed by atoms with Crippen molar-refractivity contribution >= 4 is 17.6 Å². The molecule has 0 aromatic heterocycles. The molecule has 2 bridgehead atoms. The predicted octanol–water partition coefficient (Wildman–Crippen LogP) is 5.19. The lowest BCUT2D eigenvalue weighted by molar-refractivity contribution is 0.451. The monoisotopic (exact) mass is 244 g/mol. The number of hydrogen-bond donors (Lipinski definition) is 0. The summed E-state index contributed by atoms with van der Waals surface area (Å²) >= 11 is 2.18. The van der Waals surface area contributed by atoms with Crippen molar-refractivity contribution in [2.75, 3.05) is 0 Å². The summed E-state index contributed by atoms with van der Waals surface area (Å²) < 4.78 is 0. The van der Waals surface area contributed by atoms with E-state index < -0.39 is 0 Å². The van der Waals surface area contributed by atoms with Gasteiger partial charge in [-0.2, -0.15) is 11.6 Å². The maximum atomic E-state index is 2.31. The summed E-state index contributed by atoms with van der Waals surface area (Å²) in [5, 5.41) is 0. The van der Waals surface area contributed by atoms with E-state index in [4.69, 9.17) is 0 Å². The summed E-state index contributed by atoms with van der Waals surface area (Å²) in [6.07, 6.45) is 8.92. The van der Waals surface area contributed by atoms with Crippen LogP contribution in [0.1, 0.15) is 44.1 Å². The normalized spacial score (nSPS) is 28.2. The first-order chi connectivity index (χ1) is 8.34. The van der Waals surface area contributed by atoms with Crippen LogP contribution < -0.4 is 0 Å². The topological polar surface area (TPSA) is 0 Å². The summed E-state index contributed by atoms with van der Waals surface area (Å²) in [6.45, 7) is 2.25. The lowest BCUT2D eigenvalue weighted by Crippen LogP contribution is -2.31. The Kier molecular flexibility index (Phi) is 3.51. The van der Waals surface area contributed by atoms with Crippen molar-refractivity contribution in [2.24, 2.45) is 0 Å². The molecule has 0 spiro atoms. The van der Waals surface area contributed by atoms with E-state index >= 15 is 0 Å². The minimum atomic E-state index is 0.915. The SMILES string of the molecule is Cc1ccccc1SB1C2CCCC1CCC2. The molecule has 0 aliphatic carbocycles. The van der Waals surface area contributed by atoms with Gasteiger partial charge < -0.3 is 0 Å². The molecule has 3 rings (SSSR count). The summed E-state index contributed by atoms with van der Waals surface area (Å²) in [5.74, 6) is 2.93. The van der Waals surface area contributed by atoms with E-state index in [2.05, 4.69) is 42.8 Å². The van der Waals surface area contributed by atoms with Crippen LogP contribution in [0.5, 0.6) is 0 Å². The van der Waals surface area contributed by atoms with Gasteiger partial charge >= 0.3 is 0 Å². The van der Waals surface area contributed by atoms with Crippen molar-refractivity contribution in [3.63, 3.8) is 0 Å². The standard InChI is InChI=1S/C15H21BS/c1-12-6-2-3-11-15(12)17-16-13-7-4-8-14(16)10-5-9-13/h2-3,6,11,13-14H,4-5,7-10H2,1H3. The molecule has 0 saturated carbocycles. The molecule has 2 heterocycles. The fourth-order valence-corrected chi connectivity index (χ4v) is 5.28. The molecule has 1 aromatic carbocycles. The second kappa shape index (κ2) is 5.10. The number of rotatable bonds is 2. The van der Waals surface area contributed by atoms with Crippen molar-refractivity contribution in [2.45, 2.75) is 62.0 Å². The smallest absolute Gasteiger partial charge is 0.175 e. The fraction of sp³-hybridized carbons (Fsp3) is 0.600. The summed E-state index contributed by atoms with van der Waals surface area (Å²) in [6, 6.07) is 8.90. The quantitative estimate of drug-likeness (QED) is 0.645. The van der Waals surface area contributed by atoms with E-state index in [1.165, 1.54) is 49.0 Å². The molecule has 0 amide bonds. The number of benzene rings is 1. The largest absolute Gasteiger partial charge is 0.222 e. The van der Waals surface area contributed by atoms with Crippen LogP contribution >= 0.6 is 11.6 Å². The molecule has 2 aliphatic heterocycles. The Hall–Kier alpha value is -0.365. The highest BCUT2D eigenvalue weighted by Crippen LogP contribution is 2.51. The van der Waals surface area contributed by atoms with Gasteiger partial charge in [-0.25, -0.2) is 0 Å². The van der Waals surface area contributed by atoms with Crippen molar-refractivity contribution < 1.29 is 0 Å². The second-order valence-corrected chi connectivity index (χ2v) is 6.95. The third-order valence-electron chi connectivity index (χ3n) is 4.59. The van der Waals surface area contributed by atoms with Gasteiger partial charge in [-0.05, 0) is 23.4 Å². The Balaban J connectivity index is 1.78. The molecule has 1 aromatic rings. The summed E-state index contributed by atoms with van der Waals surface area (Å²) in [5.41, 5.74) is 1.46. The van der Waals surface area contributed by atoms with Gasteiger partial charge in [0.1, 0.15) is 0 Å². The van der Waals surface area contributed by atoms with Gasteiger partial charge in [0.2, 0.25) is 5.99 Å². The number of hydrogen-bond acceptors (Lipinski definition) is 1. The molecular formula is C15H21BS. The van der Waals surface area contributed by atoms with Gasteiger partial charge in [-0.1, -0.05) is 68.4 Å². The van der Waals surface area contributed by atoms with Crippen LogP contribution in [-0.4, -0.2) is 5.99 Å². The Bertz CT molecular complexity index is 368. The van der Waals surface area contributed by atoms with E-state index in [1.807, 2.05) is 0 Å². The van der Waals surface area contributed by atoms with Crippen LogP contribution in [0.2, 0.25) is 11.6 Å². The predicted molar refractivity (Wildman–Crippen MR) is 78.0 cm³/mol. The fourth-order valence-electron chi connectivity index (χ4n) is 3.64. The van der Waals surface area contributed by atoms with E-state index in [0.717, 1.165) is 17.6 Å². The van der Waals surface area contributed by atoms with Gasteiger partial charge in [0, 0.05) is 0 Å². The molecule has 0 unspecified atom stereocenters. The minimum Gasteiger partial charge on any atom is -0.175 e. The highest BCUT2D eigenvalue weighted by atomic mass is 32.2. The van der Waals surface area contributed by atoms with Crippen molar-refractivity contribution in [3.05, 3.63) is 29.8 Å². The van der Waals surface area contributed by atoms with Gasteiger partial charge in [0.25, 0.3) is 0 Å². The molecule has 0 radical (unpaired) electrons. The van der Waals surface area contributed by atoms with E-state index in [0.29, 0.717) is 0 Å². The van der Waals surface area contributed by atoms with E-state index in [9.17, 15) is 0 Å². The third-order valence-corrected chi connectivity index (χ3v) is 6.34. The zero-order valence-electron chi connectivity index (χ0n) is 10.7. The number of aryl methyl sites for hydroxylation is 1. The van der Waals surface area contributed by atoms with Crippen molar-refractivity contribution in [3.8, 4) is 0 Å². The highest BCUT2D eigenvalue weighted by molar-refractivity contribution is 8.25. The van der Waals surface area contributed by atoms with Crippen molar-refractivity contribution in [1.82, 2.24) is 0 Å². The van der Waals surface area contributed by atoms with Gasteiger partial charge in [0.05, 0.1) is 0 Å². The van der Waals surface area contributed by atoms with Crippen LogP contribution in [0, 0.1) is 6.92 Å². The minimum absolute atomic E-state index is 0.915. The van der Waals surface area contributed by atoms with Crippen LogP contribution in [0.25, 0.3) is 0 Å². The maximum Gasteiger partial charge on any atom is 0.222 e. The van der Waals surface area contributed by atoms with Crippen LogP contribution in [0.15, 0.2) is 29.2 Å². The molecule has 2 fully saturated rings. The molecule has 90 valence electrons. The lowest BCUT2D eigenvalue weighted by atomic mass is 9.42. The molecule has 0 atom stereocenters. The van der Waals surface area contributed by atoms with E-state index in [-0.39, 0.29) is 0 Å². The maximum absolute atomic E-state index is 2.31. The van der Waals surface area contributed by atoms with Gasteiger partial charge in [0.15, 0.2) is 0 Å². The average molecular weight is 244 g/mol. The summed E-state index contributed by atoms with van der Waals surface area (Å²) in [4.78, 5) is 1.52. The van der Waals surface area contributed by atoms with Crippen LogP contribution in [-0.2, 0) is 0 Å². The van der Waals surface area contributed by atoms with Crippen LogP contribution in [0.4, 0.5) is 0 Å². The zero-order valence-corrected chi connectivity index (χ0v) is 11.5.